The topological polar surface area (TPSA) is 79.4 Å². The van der Waals surface area contributed by atoms with Gasteiger partial charge in [0.25, 0.3) is 0 Å². The minimum absolute atomic E-state index is 0.443. The van der Waals surface area contributed by atoms with E-state index in [1.165, 1.54) is 19.3 Å². The summed E-state index contributed by atoms with van der Waals surface area (Å²) < 4.78 is 0. The van der Waals surface area contributed by atoms with Crippen molar-refractivity contribution >= 4 is 5.69 Å². The summed E-state index contributed by atoms with van der Waals surface area (Å²) in [5.41, 5.74) is 6.46. The summed E-state index contributed by atoms with van der Waals surface area (Å²) in [4.78, 5) is 3.80. The largest absolute Gasteiger partial charge is 0.398 e. The van der Waals surface area contributed by atoms with Gasteiger partial charge in [-0.05, 0) is 13.0 Å². The molecule has 0 spiro atoms. The Labute approximate surface area is 70.7 Å². The standard InChI is InChI=1S/C8H12N2O2/c1-5(11)8(12)6-4-10-3-2-7(6)9/h2-5,8,11-12H,1H3,(H2,9,10). The molecule has 1 heterocycles. The van der Waals surface area contributed by atoms with E-state index in [-0.39, 0.29) is 0 Å². The van der Waals surface area contributed by atoms with Gasteiger partial charge in [-0.1, -0.05) is 0 Å². The van der Waals surface area contributed by atoms with E-state index < -0.39 is 12.2 Å². The third-order valence-corrected chi connectivity index (χ3v) is 1.66. The molecule has 2 atom stereocenters. The van der Waals surface area contributed by atoms with Crippen LogP contribution in [0, 0.1) is 0 Å². The summed E-state index contributed by atoms with van der Waals surface area (Å²) in [5, 5.41) is 18.5. The molecule has 66 valence electrons. The Morgan fingerprint density at radius 3 is 2.67 bits per heavy atom. The lowest BCUT2D eigenvalue weighted by Crippen LogP contribution is -2.15. The molecule has 0 radical (unpaired) electrons. The molecule has 1 rings (SSSR count). The molecule has 4 N–H and O–H groups in total. The molecule has 0 saturated heterocycles. The van der Waals surface area contributed by atoms with Crippen molar-refractivity contribution < 1.29 is 10.2 Å². The second-order valence-electron chi connectivity index (χ2n) is 2.69. The molecule has 0 fully saturated rings. The average Bonchev–Trinajstić information content (AvgIpc) is 2.04. The Balaban J connectivity index is 2.94. The monoisotopic (exact) mass is 168 g/mol. The number of aromatic nitrogens is 1. The Kier molecular flexibility index (Phi) is 2.62. The highest BCUT2D eigenvalue weighted by Crippen LogP contribution is 2.21. The van der Waals surface area contributed by atoms with Crippen molar-refractivity contribution in [2.75, 3.05) is 5.73 Å². The fourth-order valence-corrected chi connectivity index (χ4v) is 0.924. The van der Waals surface area contributed by atoms with Gasteiger partial charge in [0.1, 0.15) is 6.10 Å². The molecular weight excluding hydrogens is 156 g/mol. The first kappa shape index (κ1) is 8.96. The number of nitrogen functional groups attached to an aromatic ring is 1. The number of aliphatic hydroxyl groups is 2. The van der Waals surface area contributed by atoms with Crippen molar-refractivity contribution in [1.29, 1.82) is 0 Å². The molecule has 4 heteroatoms. The van der Waals surface area contributed by atoms with Crippen LogP contribution < -0.4 is 5.73 Å². The van der Waals surface area contributed by atoms with Crippen molar-refractivity contribution in [3.8, 4) is 0 Å². The lowest BCUT2D eigenvalue weighted by Gasteiger charge is -2.14. The third-order valence-electron chi connectivity index (χ3n) is 1.66. The number of aliphatic hydroxyl groups excluding tert-OH is 2. The van der Waals surface area contributed by atoms with Crippen LogP contribution in [0.25, 0.3) is 0 Å². The van der Waals surface area contributed by atoms with E-state index in [0.29, 0.717) is 11.3 Å². The van der Waals surface area contributed by atoms with E-state index in [1.807, 2.05) is 0 Å². The minimum atomic E-state index is -0.960. The van der Waals surface area contributed by atoms with E-state index in [9.17, 15) is 5.11 Å². The van der Waals surface area contributed by atoms with Crippen LogP contribution in [0.5, 0.6) is 0 Å². The Morgan fingerprint density at radius 2 is 2.17 bits per heavy atom. The fourth-order valence-electron chi connectivity index (χ4n) is 0.924. The van der Waals surface area contributed by atoms with Crippen LogP contribution in [-0.2, 0) is 0 Å². The highest BCUT2D eigenvalue weighted by molar-refractivity contribution is 5.45. The van der Waals surface area contributed by atoms with Gasteiger partial charge in [0.05, 0.1) is 6.10 Å². The van der Waals surface area contributed by atoms with Crippen LogP contribution in [0.4, 0.5) is 5.69 Å². The van der Waals surface area contributed by atoms with Gasteiger partial charge in [0.2, 0.25) is 0 Å². The van der Waals surface area contributed by atoms with E-state index in [2.05, 4.69) is 4.98 Å². The second kappa shape index (κ2) is 3.51. The molecular formula is C8H12N2O2. The number of rotatable bonds is 2. The first-order valence-electron chi connectivity index (χ1n) is 3.68. The van der Waals surface area contributed by atoms with Crippen LogP contribution in [-0.4, -0.2) is 21.3 Å². The van der Waals surface area contributed by atoms with E-state index in [0.717, 1.165) is 0 Å². The predicted octanol–water partition coefficient (Wildman–Crippen LogP) is 0.0780. The van der Waals surface area contributed by atoms with Crippen molar-refractivity contribution in [2.24, 2.45) is 0 Å². The van der Waals surface area contributed by atoms with Gasteiger partial charge in [-0.2, -0.15) is 0 Å². The zero-order chi connectivity index (χ0) is 9.14. The van der Waals surface area contributed by atoms with Crippen LogP contribution in [0.1, 0.15) is 18.6 Å². The molecule has 0 aliphatic carbocycles. The molecule has 0 saturated carbocycles. The van der Waals surface area contributed by atoms with Gasteiger partial charge in [-0.3, -0.25) is 4.98 Å². The van der Waals surface area contributed by atoms with Crippen LogP contribution in [0.15, 0.2) is 18.5 Å². The fraction of sp³-hybridized carbons (Fsp3) is 0.375. The van der Waals surface area contributed by atoms with Crippen molar-refractivity contribution in [3.63, 3.8) is 0 Å². The number of hydrogen-bond acceptors (Lipinski definition) is 4. The highest BCUT2D eigenvalue weighted by atomic mass is 16.3. The average molecular weight is 168 g/mol. The smallest absolute Gasteiger partial charge is 0.108 e. The van der Waals surface area contributed by atoms with Crippen molar-refractivity contribution in [3.05, 3.63) is 24.0 Å². The summed E-state index contributed by atoms with van der Waals surface area (Å²) in [6.45, 7) is 1.50. The van der Waals surface area contributed by atoms with Crippen molar-refractivity contribution in [2.45, 2.75) is 19.1 Å². The summed E-state index contributed by atoms with van der Waals surface area (Å²) in [5.74, 6) is 0. The highest BCUT2D eigenvalue weighted by Gasteiger charge is 2.15. The summed E-state index contributed by atoms with van der Waals surface area (Å²) in [6.07, 6.45) is 1.19. The van der Waals surface area contributed by atoms with Gasteiger partial charge in [0, 0.05) is 23.6 Å². The molecule has 0 aliphatic rings. The quantitative estimate of drug-likeness (QED) is 0.584. The maximum absolute atomic E-state index is 9.41. The second-order valence-corrected chi connectivity index (χ2v) is 2.69. The number of pyridine rings is 1. The third kappa shape index (κ3) is 1.72. The molecule has 1 aromatic rings. The number of nitrogens with zero attached hydrogens (tertiary/aromatic N) is 1. The number of anilines is 1. The lowest BCUT2D eigenvalue weighted by molar-refractivity contribution is 0.0308. The molecule has 2 unspecified atom stereocenters. The summed E-state index contributed by atoms with van der Waals surface area (Å²) in [7, 11) is 0. The first-order valence-corrected chi connectivity index (χ1v) is 3.68. The maximum atomic E-state index is 9.41. The number of hydrogen-bond donors (Lipinski definition) is 3. The van der Waals surface area contributed by atoms with Gasteiger partial charge in [-0.15, -0.1) is 0 Å². The maximum Gasteiger partial charge on any atom is 0.108 e. The van der Waals surface area contributed by atoms with Gasteiger partial charge in [0.15, 0.2) is 0 Å². The normalized spacial score (nSPS) is 15.6. The van der Waals surface area contributed by atoms with Crippen molar-refractivity contribution in [1.82, 2.24) is 4.98 Å². The van der Waals surface area contributed by atoms with Gasteiger partial charge < -0.3 is 15.9 Å². The SMILES string of the molecule is CC(O)C(O)c1cnccc1N. The Hall–Kier alpha value is -1.13. The lowest BCUT2D eigenvalue weighted by atomic mass is 10.1. The molecule has 0 aromatic carbocycles. The summed E-state index contributed by atoms with van der Waals surface area (Å²) in [6, 6.07) is 1.58. The predicted molar refractivity (Wildman–Crippen MR) is 45.3 cm³/mol. The Morgan fingerprint density at radius 1 is 1.50 bits per heavy atom. The van der Waals surface area contributed by atoms with Gasteiger partial charge in [-0.25, -0.2) is 0 Å². The minimum Gasteiger partial charge on any atom is -0.398 e. The molecule has 12 heavy (non-hydrogen) atoms. The van der Waals surface area contributed by atoms with E-state index >= 15 is 0 Å². The van der Waals surface area contributed by atoms with E-state index in [4.69, 9.17) is 10.8 Å². The molecule has 0 aliphatic heterocycles. The molecule has 0 amide bonds. The zero-order valence-electron chi connectivity index (χ0n) is 6.81. The summed E-state index contributed by atoms with van der Waals surface area (Å²) >= 11 is 0. The van der Waals surface area contributed by atoms with Gasteiger partial charge >= 0.3 is 0 Å². The van der Waals surface area contributed by atoms with E-state index in [1.54, 1.807) is 6.07 Å². The first-order chi connectivity index (χ1) is 5.63. The van der Waals surface area contributed by atoms with Crippen LogP contribution in [0.3, 0.4) is 0 Å². The molecule has 1 aromatic heterocycles. The Bertz CT molecular complexity index is 263. The number of nitrogens with two attached hydrogens (primary N) is 1. The zero-order valence-corrected chi connectivity index (χ0v) is 6.81. The van der Waals surface area contributed by atoms with Crippen LogP contribution in [0.2, 0.25) is 0 Å². The molecule has 0 bridgehead atoms. The molecule has 4 nitrogen and oxygen atoms in total. The van der Waals surface area contributed by atoms with Crippen LogP contribution >= 0.6 is 0 Å².